The van der Waals surface area contributed by atoms with E-state index in [1.54, 1.807) is 18.2 Å². The molecule has 0 N–H and O–H groups in total. The predicted octanol–water partition coefficient (Wildman–Crippen LogP) is -1.15. The SMILES string of the molecule is Cc1ccc(C(=O)c2ccc(F)cc2)c(C[O-])c1.[Br-].[Mg+2]. The number of carbonyl (C=O) groups excluding carboxylic acids is 1. The minimum atomic E-state index is -0.441. The van der Waals surface area contributed by atoms with Crippen LogP contribution in [0.4, 0.5) is 4.39 Å². The first-order chi connectivity index (χ1) is 8.61. The Morgan fingerprint density at radius 3 is 2.30 bits per heavy atom. The first kappa shape index (κ1) is 19.2. The van der Waals surface area contributed by atoms with Crippen molar-refractivity contribution in [2.75, 3.05) is 0 Å². The summed E-state index contributed by atoms with van der Waals surface area (Å²) < 4.78 is 12.8. The summed E-state index contributed by atoms with van der Waals surface area (Å²) in [5.41, 5.74) is 2.19. The van der Waals surface area contributed by atoms with Gasteiger partial charge in [-0.3, -0.25) is 4.79 Å². The van der Waals surface area contributed by atoms with E-state index < -0.39 is 6.61 Å². The Labute approximate surface area is 143 Å². The van der Waals surface area contributed by atoms with Gasteiger partial charge in [0.2, 0.25) is 0 Å². The summed E-state index contributed by atoms with van der Waals surface area (Å²) >= 11 is 0. The smallest absolute Gasteiger partial charge is 1.00 e. The molecule has 2 aromatic rings. The van der Waals surface area contributed by atoms with E-state index in [2.05, 4.69) is 0 Å². The molecule has 0 heterocycles. The summed E-state index contributed by atoms with van der Waals surface area (Å²) in [4.78, 5) is 12.2. The molecule has 0 saturated carbocycles. The molecular formula is C15H12BrFMgO2. The first-order valence-corrected chi connectivity index (χ1v) is 5.59. The number of halogens is 2. The van der Waals surface area contributed by atoms with Gasteiger partial charge in [-0.15, -0.1) is 6.61 Å². The molecule has 0 atom stereocenters. The number of benzene rings is 2. The van der Waals surface area contributed by atoms with E-state index in [0.717, 1.165) is 5.56 Å². The molecule has 0 aliphatic carbocycles. The van der Waals surface area contributed by atoms with E-state index in [4.69, 9.17) is 0 Å². The Morgan fingerprint density at radius 1 is 1.15 bits per heavy atom. The molecule has 0 fully saturated rings. The summed E-state index contributed by atoms with van der Waals surface area (Å²) in [5.74, 6) is -0.639. The molecule has 0 radical (unpaired) electrons. The molecule has 0 aliphatic heterocycles. The van der Waals surface area contributed by atoms with Crippen molar-refractivity contribution in [2.24, 2.45) is 0 Å². The van der Waals surface area contributed by atoms with Crippen LogP contribution in [0.2, 0.25) is 0 Å². The zero-order valence-corrected chi connectivity index (χ0v) is 14.0. The molecule has 2 nitrogen and oxygen atoms in total. The van der Waals surface area contributed by atoms with Gasteiger partial charge in [-0.1, -0.05) is 29.3 Å². The summed E-state index contributed by atoms with van der Waals surface area (Å²) in [6.45, 7) is 1.43. The summed E-state index contributed by atoms with van der Waals surface area (Å²) in [7, 11) is 0. The van der Waals surface area contributed by atoms with Crippen LogP contribution in [-0.2, 0) is 6.61 Å². The number of hydrogen-bond donors (Lipinski definition) is 0. The van der Waals surface area contributed by atoms with Gasteiger partial charge in [0.25, 0.3) is 0 Å². The fourth-order valence-corrected chi connectivity index (χ4v) is 1.82. The predicted molar refractivity (Wildman–Crippen MR) is 70.5 cm³/mol. The van der Waals surface area contributed by atoms with Crippen molar-refractivity contribution in [2.45, 2.75) is 13.5 Å². The monoisotopic (exact) mass is 346 g/mol. The van der Waals surface area contributed by atoms with Gasteiger partial charge in [0.1, 0.15) is 5.82 Å². The molecule has 0 aliphatic rings. The Kier molecular flexibility index (Phi) is 8.19. The van der Waals surface area contributed by atoms with Crippen molar-refractivity contribution >= 4 is 28.8 Å². The minimum Gasteiger partial charge on any atom is -1.00 e. The average molecular weight is 347 g/mol. The van der Waals surface area contributed by atoms with Crippen LogP contribution < -0.4 is 22.1 Å². The number of rotatable bonds is 3. The Bertz CT molecular complexity index is 585. The molecule has 0 saturated heterocycles. The second kappa shape index (κ2) is 8.51. The topological polar surface area (TPSA) is 40.1 Å². The van der Waals surface area contributed by atoms with E-state index in [9.17, 15) is 14.3 Å². The molecule has 0 unspecified atom stereocenters. The number of carbonyl (C=O) groups is 1. The van der Waals surface area contributed by atoms with E-state index >= 15 is 0 Å². The number of ketones is 1. The molecule has 2 aromatic carbocycles. The minimum absolute atomic E-state index is 0. The van der Waals surface area contributed by atoms with Crippen molar-refractivity contribution in [3.8, 4) is 0 Å². The van der Waals surface area contributed by atoms with Gasteiger partial charge in [-0.05, 0) is 31.2 Å². The number of hydrogen-bond acceptors (Lipinski definition) is 2. The van der Waals surface area contributed by atoms with Gasteiger partial charge in [-0.25, -0.2) is 4.39 Å². The fraction of sp³-hybridized carbons (Fsp3) is 0.133. The summed E-state index contributed by atoms with van der Waals surface area (Å²) in [6.07, 6.45) is 0. The largest absolute Gasteiger partial charge is 2.00 e. The molecule has 20 heavy (non-hydrogen) atoms. The van der Waals surface area contributed by atoms with Gasteiger partial charge in [0.05, 0.1) is 0 Å². The molecule has 5 heteroatoms. The van der Waals surface area contributed by atoms with Crippen molar-refractivity contribution in [3.05, 3.63) is 70.5 Å². The van der Waals surface area contributed by atoms with Crippen LogP contribution in [0.15, 0.2) is 42.5 Å². The normalized spacial score (nSPS) is 9.35. The van der Waals surface area contributed by atoms with Gasteiger partial charge in [-0.2, -0.15) is 0 Å². The van der Waals surface area contributed by atoms with Gasteiger partial charge < -0.3 is 22.1 Å². The van der Waals surface area contributed by atoms with Crippen molar-refractivity contribution in [1.29, 1.82) is 0 Å². The third-order valence-corrected chi connectivity index (χ3v) is 2.77. The van der Waals surface area contributed by atoms with Crippen molar-refractivity contribution in [3.63, 3.8) is 0 Å². The third-order valence-electron chi connectivity index (χ3n) is 2.77. The zero-order chi connectivity index (χ0) is 13.1. The quantitative estimate of drug-likeness (QED) is 0.520. The van der Waals surface area contributed by atoms with Crippen LogP contribution in [0.5, 0.6) is 0 Å². The van der Waals surface area contributed by atoms with Crippen LogP contribution in [-0.4, -0.2) is 28.8 Å². The van der Waals surface area contributed by atoms with E-state index in [1.807, 2.05) is 6.92 Å². The van der Waals surface area contributed by atoms with Gasteiger partial charge in [0, 0.05) is 11.1 Å². The van der Waals surface area contributed by atoms with Crippen molar-refractivity contribution in [1.82, 2.24) is 0 Å². The summed E-state index contributed by atoms with van der Waals surface area (Å²) in [5, 5.41) is 11.1. The Hall–Kier alpha value is -0.754. The molecule has 0 amide bonds. The van der Waals surface area contributed by atoms with Crippen LogP contribution in [0, 0.1) is 12.7 Å². The Morgan fingerprint density at radius 2 is 1.75 bits per heavy atom. The van der Waals surface area contributed by atoms with E-state index in [1.165, 1.54) is 24.3 Å². The molecule has 2 rings (SSSR count). The second-order valence-corrected chi connectivity index (χ2v) is 4.14. The summed E-state index contributed by atoms with van der Waals surface area (Å²) in [6, 6.07) is 10.5. The van der Waals surface area contributed by atoms with Crippen LogP contribution in [0.25, 0.3) is 0 Å². The standard InChI is InChI=1S/C15H12FO2.BrH.Mg/c1-10-2-7-14(12(8-10)9-17)15(18)11-3-5-13(16)6-4-11;;/h2-8H,9H2,1H3;1H;/q-1;;+2/p-1. The van der Waals surface area contributed by atoms with Crippen LogP contribution >= 0.6 is 0 Å². The van der Waals surface area contributed by atoms with E-state index in [0.29, 0.717) is 16.7 Å². The number of aryl methyl sites for hydroxylation is 1. The maximum absolute atomic E-state index is 12.8. The maximum atomic E-state index is 12.8. The Balaban J connectivity index is 0.00000180. The van der Waals surface area contributed by atoms with E-state index in [-0.39, 0.29) is 51.6 Å². The molecular weight excluding hydrogens is 335 g/mol. The van der Waals surface area contributed by atoms with Crippen LogP contribution in [0.1, 0.15) is 27.0 Å². The molecule has 0 spiro atoms. The average Bonchev–Trinajstić information content (AvgIpc) is 2.38. The van der Waals surface area contributed by atoms with Crippen LogP contribution in [0.3, 0.4) is 0 Å². The second-order valence-electron chi connectivity index (χ2n) is 4.14. The van der Waals surface area contributed by atoms with Gasteiger partial charge in [0.15, 0.2) is 5.78 Å². The zero-order valence-electron chi connectivity index (χ0n) is 11.0. The van der Waals surface area contributed by atoms with Crippen molar-refractivity contribution < 1.29 is 31.3 Å². The van der Waals surface area contributed by atoms with Gasteiger partial charge >= 0.3 is 23.1 Å². The maximum Gasteiger partial charge on any atom is 2.00 e. The fourth-order valence-electron chi connectivity index (χ4n) is 1.82. The first-order valence-electron chi connectivity index (χ1n) is 5.59. The molecule has 0 bridgehead atoms. The molecule has 0 aromatic heterocycles. The molecule has 100 valence electrons. The third kappa shape index (κ3) is 4.38.